The zero-order valence-electron chi connectivity index (χ0n) is 17.0. The molecule has 0 radical (unpaired) electrons. The number of nitrogens with zero attached hydrogens (tertiary/aromatic N) is 6. The van der Waals surface area contributed by atoms with Crippen molar-refractivity contribution in [3.8, 4) is 22.8 Å². The van der Waals surface area contributed by atoms with E-state index < -0.39 is 31.1 Å². The molecule has 4 heterocycles. The lowest BCUT2D eigenvalue weighted by atomic mass is 10.1. The second-order valence-electron chi connectivity index (χ2n) is 7.36. The third kappa shape index (κ3) is 3.26. The molecular weight excluding hydrogens is 418 g/mol. The minimum atomic E-state index is -1.28. The highest BCUT2D eigenvalue weighted by Crippen LogP contribution is 2.32. The van der Waals surface area contributed by atoms with Gasteiger partial charge in [0.15, 0.2) is 17.7 Å². The molecule has 1 aliphatic heterocycles. The molecule has 0 saturated carbocycles. The third-order valence-corrected chi connectivity index (χ3v) is 5.44. The zero-order valence-corrected chi connectivity index (χ0v) is 17.0. The van der Waals surface area contributed by atoms with Gasteiger partial charge in [-0.3, -0.25) is 4.57 Å². The van der Waals surface area contributed by atoms with Gasteiger partial charge in [0.1, 0.15) is 29.6 Å². The first-order valence-electron chi connectivity index (χ1n) is 9.82. The molecule has 1 aromatic carbocycles. The summed E-state index contributed by atoms with van der Waals surface area (Å²) in [5.74, 6) is 1.07. The van der Waals surface area contributed by atoms with Crippen LogP contribution >= 0.6 is 0 Å². The number of methoxy groups -OCH3 is 1. The van der Waals surface area contributed by atoms with E-state index >= 15 is 0 Å². The molecule has 12 nitrogen and oxygen atoms in total. The first kappa shape index (κ1) is 20.3. The Morgan fingerprint density at radius 1 is 1.12 bits per heavy atom. The van der Waals surface area contributed by atoms with Gasteiger partial charge in [0.2, 0.25) is 0 Å². The van der Waals surface area contributed by atoms with Crippen LogP contribution in [0.3, 0.4) is 0 Å². The number of aliphatic hydroxyl groups is 3. The van der Waals surface area contributed by atoms with Crippen LogP contribution in [0.1, 0.15) is 6.23 Å². The molecule has 5 N–H and O–H groups in total. The molecule has 1 saturated heterocycles. The number of ether oxygens (including phenoxy) is 2. The maximum Gasteiger partial charge on any atom is 0.254 e. The molecular formula is C20H21N7O5. The van der Waals surface area contributed by atoms with Gasteiger partial charge in [0.05, 0.1) is 26.2 Å². The molecule has 4 aromatic rings. The summed E-state index contributed by atoms with van der Waals surface area (Å²) < 4.78 is 13.7. The summed E-state index contributed by atoms with van der Waals surface area (Å²) >= 11 is 0. The Labute approximate surface area is 181 Å². The third-order valence-electron chi connectivity index (χ3n) is 5.44. The summed E-state index contributed by atoms with van der Waals surface area (Å²) in [7, 11) is 1.61. The van der Waals surface area contributed by atoms with Crippen molar-refractivity contribution in [2.24, 2.45) is 0 Å². The number of nitrogen functional groups attached to an aromatic ring is 1. The number of anilines is 1. The molecule has 32 heavy (non-hydrogen) atoms. The molecule has 1 aliphatic rings. The fourth-order valence-electron chi connectivity index (χ4n) is 3.69. The van der Waals surface area contributed by atoms with Crippen molar-refractivity contribution in [3.05, 3.63) is 43.0 Å². The predicted molar refractivity (Wildman–Crippen MR) is 112 cm³/mol. The van der Waals surface area contributed by atoms with Gasteiger partial charge in [0, 0.05) is 11.8 Å². The highest BCUT2D eigenvalue weighted by Gasteiger charge is 2.44. The van der Waals surface area contributed by atoms with Gasteiger partial charge in [-0.2, -0.15) is 15.1 Å². The molecule has 1 fully saturated rings. The fraction of sp³-hybridized carbons (Fsp3) is 0.300. The topological polar surface area (TPSA) is 167 Å². The van der Waals surface area contributed by atoms with Crippen molar-refractivity contribution >= 4 is 17.0 Å². The summed E-state index contributed by atoms with van der Waals surface area (Å²) in [6, 6.07) is 7.53. The molecule has 0 amide bonds. The first-order chi connectivity index (χ1) is 15.5. The zero-order chi connectivity index (χ0) is 22.4. The fourth-order valence-corrected chi connectivity index (χ4v) is 3.69. The second-order valence-corrected chi connectivity index (χ2v) is 7.36. The Morgan fingerprint density at radius 2 is 1.91 bits per heavy atom. The number of aromatic nitrogens is 6. The maximum absolute atomic E-state index is 10.4. The van der Waals surface area contributed by atoms with Crippen LogP contribution in [-0.2, 0) is 4.74 Å². The van der Waals surface area contributed by atoms with E-state index in [1.807, 2.05) is 24.3 Å². The number of hydrogen-bond acceptors (Lipinski definition) is 10. The van der Waals surface area contributed by atoms with E-state index in [0.717, 1.165) is 16.9 Å². The Balaban J connectivity index is 1.52. The van der Waals surface area contributed by atoms with Crippen LogP contribution in [0.2, 0.25) is 0 Å². The minimum Gasteiger partial charge on any atom is -0.497 e. The normalized spacial score (nSPS) is 23.1. The summed E-state index contributed by atoms with van der Waals surface area (Å²) in [6.45, 7) is -0.439. The Hall–Kier alpha value is -3.58. The van der Waals surface area contributed by atoms with E-state index in [0.29, 0.717) is 11.2 Å². The Morgan fingerprint density at radius 3 is 2.59 bits per heavy atom. The van der Waals surface area contributed by atoms with Crippen molar-refractivity contribution in [2.75, 3.05) is 19.5 Å². The molecule has 3 aromatic heterocycles. The van der Waals surface area contributed by atoms with Crippen LogP contribution in [0, 0.1) is 0 Å². The van der Waals surface area contributed by atoms with Gasteiger partial charge in [-0.1, -0.05) is 12.1 Å². The lowest BCUT2D eigenvalue weighted by Crippen LogP contribution is -2.33. The molecule has 0 aliphatic carbocycles. The van der Waals surface area contributed by atoms with Crippen LogP contribution in [0.15, 0.2) is 43.0 Å². The van der Waals surface area contributed by atoms with Gasteiger partial charge < -0.3 is 30.5 Å². The van der Waals surface area contributed by atoms with E-state index in [1.165, 1.54) is 15.6 Å². The number of nitrogens with two attached hydrogens (primary N) is 1. The number of aliphatic hydroxyl groups excluding tert-OH is 3. The first-order valence-corrected chi connectivity index (χ1v) is 9.82. The van der Waals surface area contributed by atoms with Crippen LogP contribution < -0.4 is 10.5 Å². The van der Waals surface area contributed by atoms with Gasteiger partial charge in [-0.25, -0.2) is 9.67 Å². The van der Waals surface area contributed by atoms with Crippen molar-refractivity contribution in [3.63, 3.8) is 0 Å². The van der Waals surface area contributed by atoms with Crippen molar-refractivity contribution in [1.29, 1.82) is 0 Å². The molecule has 0 bridgehead atoms. The summed E-state index contributed by atoms with van der Waals surface area (Å²) in [6.07, 6.45) is 0.372. The quantitative estimate of drug-likeness (QED) is 0.329. The highest BCUT2D eigenvalue weighted by atomic mass is 16.6. The van der Waals surface area contributed by atoms with E-state index in [1.54, 1.807) is 19.5 Å². The molecule has 4 atom stereocenters. The number of fused-ring (bicyclic) bond motifs is 1. The summed E-state index contributed by atoms with van der Waals surface area (Å²) in [5, 5.41) is 34.2. The van der Waals surface area contributed by atoms with Gasteiger partial charge in [-0.15, -0.1) is 0 Å². The van der Waals surface area contributed by atoms with Crippen LogP contribution in [0.4, 0.5) is 5.82 Å². The average molecular weight is 439 g/mol. The lowest BCUT2D eigenvalue weighted by molar-refractivity contribution is -0.0511. The van der Waals surface area contributed by atoms with E-state index in [2.05, 4.69) is 20.1 Å². The molecule has 4 unspecified atom stereocenters. The number of rotatable bonds is 5. The minimum absolute atomic E-state index is 0.122. The summed E-state index contributed by atoms with van der Waals surface area (Å²) in [4.78, 5) is 13.0. The van der Waals surface area contributed by atoms with Gasteiger partial charge >= 0.3 is 0 Å². The van der Waals surface area contributed by atoms with E-state index in [4.69, 9.17) is 15.2 Å². The maximum atomic E-state index is 10.4. The molecule has 5 rings (SSSR count). The SMILES string of the molecule is COc1ccc(-c2cnn(-c3nc(N)c4ncn(C5OC(CO)C(O)C5O)c4n3)c2)cc1. The smallest absolute Gasteiger partial charge is 0.254 e. The predicted octanol–water partition coefficient (Wildman–Crippen LogP) is -0.119. The number of imidazole rings is 1. The number of benzene rings is 1. The molecule has 0 spiro atoms. The lowest BCUT2D eigenvalue weighted by Gasteiger charge is -2.16. The summed E-state index contributed by atoms with van der Waals surface area (Å²) in [5.41, 5.74) is 8.48. The largest absolute Gasteiger partial charge is 0.497 e. The molecule has 12 heteroatoms. The highest BCUT2D eigenvalue weighted by molar-refractivity contribution is 5.82. The average Bonchev–Trinajstić information content (AvgIpc) is 3.53. The van der Waals surface area contributed by atoms with E-state index in [9.17, 15) is 15.3 Å². The van der Waals surface area contributed by atoms with Crippen molar-refractivity contribution in [2.45, 2.75) is 24.5 Å². The van der Waals surface area contributed by atoms with Crippen molar-refractivity contribution < 1.29 is 24.8 Å². The van der Waals surface area contributed by atoms with Crippen LogP contribution in [0.25, 0.3) is 28.2 Å². The van der Waals surface area contributed by atoms with Crippen LogP contribution in [0.5, 0.6) is 5.75 Å². The Bertz CT molecular complexity index is 1260. The van der Waals surface area contributed by atoms with Gasteiger partial charge in [0.25, 0.3) is 5.95 Å². The van der Waals surface area contributed by atoms with Crippen molar-refractivity contribution in [1.82, 2.24) is 29.3 Å². The number of hydrogen-bond donors (Lipinski definition) is 4. The standard InChI is InChI=1S/C20H21N7O5/c1-31-12-4-2-10(3-5-12)11-6-23-27(7-11)20-24-17(21)14-18(25-20)26(9-22-14)19-16(30)15(29)13(8-28)32-19/h2-7,9,13,15-16,19,28-30H,8H2,1H3,(H2,21,24,25). The van der Waals surface area contributed by atoms with E-state index in [-0.39, 0.29) is 11.8 Å². The van der Waals surface area contributed by atoms with Crippen LogP contribution in [-0.4, -0.2) is 76.6 Å². The molecule has 166 valence electrons. The monoisotopic (exact) mass is 439 g/mol. The Kier molecular flexibility index (Phi) is 4.98. The second kappa shape index (κ2) is 7.84. The van der Waals surface area contributed by atoms with Gasteiger partial charge in [-0.05, 0) is 17.7 Å².